The van der Waals surface area contributed by atoms with Gasteiger partial charge in [0.1, 0.15) is 0 Å². The highest BCUT2D eigenvalue weighted by molar-refractivity contribution is 9.09. The van der Waals surface area contributed by atoms with E-state index in [0.29, 0.717) is 12.1 Å². The number of halogens is 1. The van der Waals surface area contributed by atoms with Crippen LogP contribution in [0.3, 0.4) is 0 Å². The fraction of sp³-hybridized carbons (Fsp3) is 0.222. The van der Waals surface area contributed by atoms with Crippen LogP contribution < -0.4 is 5.56 Å². The SMILES string of the molecule is O=C(CBr)C1(OCc2ccccc2)C=CCc2ccc(=O)[nH]c21. The Labute approximate surface area is 142 Å². The van der Waals surface area contributed by atoms with Crippen LogP contribution in [0.2, 0.25) is 0 Å². The summed E-state index contributed by atoms with van der Waals surface area (Å²) in [5.41, 5.74) is 0.900. The summed E-state index contributed by atoms with van der Waals surface area (Å²) in [5.74, 6) is -0.146. The van der Waals surface area contributed by atoms with Crippen molar-refractivity contribution in [3.05, 3.63) is 81.8 Å². The number of pyridine rings is 1. The van der Waals surface area contributed by atoms with E-state index in [1.165, 1.54) is 6.07 Å². The number of nitrogens with one attached hydrogen (secondary N) is 1. The number of aromatic amines is 1. The normalized spacial score (nSPS) is 19.3. The van der Waals surface area contributed by atoms with Crippen LogP contribution in [0.1, 0.15) is 16.8 Å². The Hall–Kier alpha value is -1.98. The minimum atomic E-state index is -1.26. The molecule has 0 radical (unpaired) electrons. The van der Waals surface area contributed by atoms with Gasteiger partial charge >= 0.3 is 0 Å². The minimum Gasteiger partial charge on any atom is -0.352 e. The van der Waals surface area contributed by atoms with Gasteiger partial charge in [-0.15, -0.1) is 0 Å². The number of aromatic nitrogens is 1. The number of carbonyl (C=O) groups is 1. The number of Topliss-reactive ketones (excluding diaryl/α,β-unsaturated/α-hetero) is 1. The molecule has 1 heterocycles. The van der Waals surface area contributed by atoms with Crippen molar-refractivity contribution < 1.29 is 9.53 Å². The number of ether oxygens (including phenoxy) is 1. The van der Waals surface area contributed by atoms with Crippen LogP contribution in [-0.2, 0) is 28.2 Å². The molecule has 23 heavy (non-hydrogen) atoms. The predicted molar refractivity (Wildman–Crippen MR) is 91.6 cm³/mol. The molecule has 4 nitrogen and oxygen atoms in total. The molecule has 0 amide bonds. The maximum Gasteiger partial charge on any atom is 0.248 e. The van der Waals surface area contributed by atoms with Crippen molar-refractivity contribution in [2.45, 2.75) is 18.6 Å². The van der Waals surface area contributed by atoms with E-state index in [1.54, 1.807) is 12.1 Å². The Kier molecular flexibility index (Phi) is 4.59. The van der Waals surface area contributed by atoms with Gasteiger partial charge in [0.25, 0.3) is 0 Å². The fourth-order valence-electron chi connectivity index (χ4n) is 2.75. The number of alkyl halides is 1. The molecule has 3 rings (SSSR count). The third kappa shape index (κ3) is 3.07. The summed E-state index contributed by atoms with van der Waals surface area (Å²) >= 11 is 3.23. The maximum absolute atomic E-state index is 12.6. The van der Waals surface area contributed by atoms with Gasteiger partial charge in [-0.3, -0.25) is 9.59 Å². The van der Waals surface area contributed by atoms with Crippen LogP contribution >= 0.6 is 15.9 Å². The van der Waals surface area contributed by atoms with E-state index in [-0.39, 0.29) is 23.3 Å². The van der Waals surface area contributed by atoms with E-state index in [1.807, 2.05) is 36.4 Å². The lowest BCUT2D eigenvalue weighted by atomic mass is 9.85. The minimum absolute atomic E-state index is 0.141. The maximum atomic E-state index is 12.6. The van der Waals surface area contributed by atoms with Crippen molar-refractivity contribution in [1.82, 2.24) is 4.98 Å². The molecule has 0 saturated carbocycles. The summed E-state index contributed by atoms with van der Waals surface area (Å²) < 4.78 is 6.05. The number of H-pyrrole nitrogens is 1. The average molecular weight is 374 g/mol. The standard InChI is InChI=1S/C18H16BrNO3/c19-11-15(21)18(23-12-13-5-2-1-3-6-13)10-4-7-14-8-9-16(22)20-17(14)18/h1-6,8-10H,7,11-12H2,(H,20,22). The van der Waals surface area contributed by atoms with Gasteiger partial charge in [0.15, 0.2) is 11.4 Å². The van der Waals surface area contributed by atoms with E-state index < -0.39 is 5.60 Å². The zero-order chi connectivity index (χ0) is 16.3. The molecule has 1 N–H and O–H groups in total. The number of carbonyl (C=O) groups excluding carboxylic acids is 1. The molecule has 1 aromatic carbocycles. The molecule has 0 aliphatic heterocycles. The van der Waals surface area contributed by atoms with E-state index in [0.717, 1.165) is 11.1 Å². The first-order valence-electron chi connectivity index (χ1n) is 7.33. The van der Waals surface area contributed by atoms with Crippen molar-refractivity contribution in [2.75, 3.05) is 5.33 Å². The molecule has 0 fully saturated rings. The molecule has 0 saturated heterocycles. The highest BCUT2D eigenvalue weighted by Crippen LogP contribution is 2.34. The van der Waals surface area contributed by atoms with E-state index in [9.17, 15) is 9.59 Å². The van der Waals surface area contributed by atoms with Gasteiger partial charge in [-0.2, -0.15) is 0 Å². The monoisotopic (exact) mass is 373 g/mol. The first kappa shape index (κ1) is 15.9. The smallest absolute Gasteiger partial charge is 0.248 e. The molecule has 1 unspecified atom stereocenters. The Morgan fingerprint density at radius 2 is 2.00 bits per heavy atom. The van der Waals surface area contributed by atoms with Gasteiger partial charge in [0.2, 0.25) is 5.56 Å². The zero-order valence-corrected chi connectivity index (χ0v) is 14.0. The molecule has 0 spiro atoms. The van der Waals surface area contributed by atoms with Crippen LogP contribution in [0.5, 0.6) is 0 Å². The van der Waals surface area contributed by atoms with Crippen molar-refractivity contribution >= 4 is 21.7 Å². The average Bonchev–Trinajstić information content (AvgIpc) is 2.60. The summed E-state index contributed by atoms with van der Waals surface area (Å²) in [6.45, 7) is 0.278. The summed E-state index contributed by atoms with van der Waals surface area (Å²) in [5, 5.41) is 0.141. The van der Waals surface area contributed by atoms with Crippen LogP contribution in [0.4, 0.5) is 0 Å². The molecular formula is C18H16BrNO3. The quantitative estimate of drug-likeness (QED) is 0.647. The highest BCUT2D eigenvalue weighted by atomic mass is 79.9. The Morgan fingerprint density at radius 3 is 2.74 bits per heavy atom. The molecule has 1 atom stereocenters. The number of allylic oxidation sites excluding steroid dienone is 1. The molecular weight excluding hydrogens is 358 g/mol. The second-order valence-electron chi connectivity index (χ2n) is 5.40. The Balaban J connectivity index is 2.03. The van der Waals surface area contributed by atoms with E-state index >= 15 is 0 Å². The van der Waals surface area contributed by atoms with E-state index in [2.05, 4.69) is 20.9 Å². The van der Waals surface area contributed by atoms with Crippen molar-refractivity contribution in [3.8, 4) is 0 Å². The summed E-state index contributed by atoms with van der Waals surface area (Å²) in [6.07, 6.45) is 4.32. The predicted octanol–water partition coefficient (Wildman–Crippen LogP) is 2.86. The van der Waals surface area contributed by atoms with Gasteiger partial charge in [0, 0.05) is 6.07 Å². The van der Waals surface area contributed by atoms with Crippen LogP contribution in [0, 0.1) is 0 Å². The van der Waals surface area contributed by atoms with Crippen LogP contribution in [0.25, 0.3) is 0 Å². The van der Waals surface area contributed by atoms with Crippen LogP contribution in [0.15, 0.2) is 59.4 Å². The van der Waals surface area contributed by atoms with Crippen molar-refractivity contribution in [3.63, 3.8) is 0 Å². The Morgan fingerprint density at radius 1 is 1.22 bits per heavy atom. The second-order valence-corrected chi connectivity index (χ2v) is 5.96. The highest BCUT2D eigenvalue weighted by Gasteiger charge is 2.42. The lowest BCUT2D eigenvalue weighted by Crippen LogP contribution is -2.42. The van der Waals surface area contributed by atoms with Gasteiger partial charge in [-0.25, -0.2) is 0 Å². The lowest BCUT2D eigenvalue weighted by molar-refractivity contribution is -0.139. The number of rotatable bonds is 5. The van der Waals surface area contributed by atoms with Gasteiger partial charge in [-0.05, 0) is 23.6 Å². The molecule has 5 heteroatoms. The first-order chi connectivity index (χ1) is 11.2. The third-order valence-corrected chi connectivity index (χ3v) is 4.42. The number of hydrogen-bond donors (Lipinski definition) is 1. The molecule has 1 aromatic heterocycles. The Bertz CT molecular complexity index is 797. The lowest BCUT2D eigenvalue weighted by Gasteiger charge is -2.33. The van der Waals surface area contributed by atoms with E-state index in [4.69, 9.17) is 4.74 Å². The van der Waals surface area contributed by atoms with Crippen LogP contribution in [-0.4, -0.2) is 16.1 Å². The summed E-state index contributed by atoms with van der Waals surface area (Å²) in [4.78, 5) is 27.2. The number of ketones is 1. The summed E-state index contributed by atoms with van der Waals surface area (Å²) in [6, 6.07) is 12.9. The second kappa shape index (κ2) is 6.64. The summed E-state index contributed by atoms with van der Waals surface area (Å²) in [7, 11) is 0. The molecule has 0 bridgehead atoms. The molecule has 2 aromatic rings. The first-order valence-corrected chi connectivity index (χ1v) is 8.45. The van der Waals surface area contributed by atoms with Gasteiger partial charge < -0.3 is 9.72 Å². The fourth-order valence-corrected chi connectivity index (χ4v) is 3.16. The molecule has 1 aliphatic rings. The van der Waals surface area contributed by atoms with Crippen molar-refractivity contribution in [2.24, 2.45) is 0 Å². The number of benzene rings is 1. The largest absolute Gasteiger partial charge is 0.352 e. The third-order valence-electron chi connectivity index (χ3n) is 3.91. The van der Waals surface area contributed by atoms with Gasteiger partial charge in [-0.1, -0.05) is 58.4 Å². The topological polar surface area (TPSA) is 59.2 Å². The van der Waals surface area contributed by atoms with Crippen molar-refractivity contribution in [1.29, 1.82) is 0 Å². The van der Waals surface area contributed by atoms with Gasteiger partial charge in [0.05, 0.1) is 17.6 Å². The molecule has 1 aliphatic carbocycles. The zero-order valence-electron chi connectivity index (χ0n) is 12.4. The molecule has 118 valence electrons. The number of fused-ring (bicyclic) bond motifs is 1. The number of hydrogen-bond acceptors (Lipinski definition) is 3.